The van der Waals surface area contributed by atoms with Crippen LogP contribution in [-0.2, 0) is 13.0 Å². The maximum Gasteiger partial charge on any atom is 0.0219 e. The Labute approximate surface area is 80.7 Å². The first kappa shape index (κ1) is 10.3. The van der Waals surface area contributed by atoms with Crippen LogP contribution in [0, 0.1) is 0 Å². The highest BCUT2D eigenvalue weighted by Gasteiger charge is 1.95. The van der Waals surface area contributed by atoms with E-state index in [2.05, 4.69) is 30.0 Å². The number of hydrogen-bond donors (Lipinski definition) is 1. The zero-order valence-corrected chi connectivity index (χ0v) is 8.50. The van der Waals surface area contributed by atoms with E-state index >= 15 is 0 Å². The number of aromatic nitrogens is 1. The molecule has 0 unspecified atom stereocenters. The van der Waals surface area contributed by atoms with Crippen LogP contribution in [0.5, 0.6) is 0 Å². The summed E-state index contributed by atoms with van der Waals surface area (Å²) in [6.07, 6.45) is 9.26. The Morgan fingerprint density at radius 1 is 1.38 bits per heavy atom. The van der Waals surface area contributed by atoms with Crippen molar-refractivity contribution >= 4 is 0 Å². The van der Waals surface area contributed by atoms with Crippen LogP contribution in [0.2, 0.25) is 0 Å². The van der Waals surface area contributed by atoms with Gasteiger partial charge in [-0.15, -0.1) is 0 Å². The van der Waals surface area contributed by atoms with Gasteiger partial charge in [0.25, 0.3) is 0 Å². The molecule has 0 spiro atoms. The van der Waals surface area contributed by atoms with Crippen LogP contribution in [0.15, 0.2) is 18.5 Å². The predicted molar refractivity (Wildman–Crippen MR) is 56.7 cm³/mol. The second kappa shape index (κ2) is 5.81. The third-order valence-corrected chi connectivity index (χ3v) is 2.26. The molecule has 0 aliphatic rings. The topological polar surface area (TPSA) is 30.9 Å². The summed E-state index contributed by atoms with van der Waals surface area (Å²) in [6.45, 7) is 4.13. The van der Waals surface area contributed by atoms with Crippen molar-refractivity contribution in [2.24, 2.45) is 5.73 Å². The molecule has 0 radical (unpaired) electrons. The van der Waals surface area contributed by atoms with Crippen LogP contribution in [-0.4, -0.2) is 11.1 Å². The Bertz CT molecular complexity index is 228. The highest BCUT2D eigenvalue weighted by Crippen LogP contribution is 2.04. The standard InChI is InChI=1S/C11H20N2/c1-2-3-4-8-13-9-6-11(10-13)5-7-12/h6,9-10H,2-5,7-8,12H2,1H3. The molecule has 2 heteroatoms. The van der Waals surface area contributed by atoms with Gasteiger partial charge in [0.15, 0.2) is 0 Å². The van der Waals surface area contributed by atoms with Gasteiger partial charge in [-0.2, -0.15) is 0 Å². The molecule has 1 aromatic rings. The monoisotopic (exact) mass is 180 g/mol. The van der Waals surface area contributed by atoms with Crippen molar-refractivity contribution in [3.05, 3.63) is 24.0 Å². The lowest BCUT2D eigenvalue weighted by Crippen LogP contribution is -2.01. The first-order valence-corrected chi connectivity index (χ1v) is 5.21. The lowest BCUT2D eigenvalue weighted by molar-refractivity contribution is 0.603. The van der Waals surface area contributed by atoms with E-state index in [0.717, 1.165) is 19.5 Å². The highest BCUT2D eigenvalue weighted by molar-refractivity contribution is 5.10. The molecule has 0 aliphatic heterocycles. The van der Waals surface area contributed by atoms with Gasteiger partial charge in [0.05, 0.1) is 0 Å². The van der Waals surface area contributed by atoms with Crippen molar-refractivity contribution in [3.63, 3.8) is 0 Å². The van der Waals surface area contributed by atoms with E-state index in [4.69, 9.17) is 5.73 Å². The molecule has 0 bridgehead atoms. The molecule has 0 fully saturated rings. The van der Waals surface area contributed by atoms with E-state index in [1.807, 2.05) is 0 Å². The molecule has 2 N–H and O–H groups in total. The smallest absolute Gasteiger partial charge is 0.0219 e. The average Bonchev–Trinajstić information content (AvgIpc) is 2.54. The maximum atomic E-state index is 5.48. The molecule has 1 aromatic heterocycles. The van der Waals surface area contributed by atoms with E-state index < -0.39 is 0 Å². The molecular weight excluding hydrogens is 160 g/mol. The van der Waals surface area contributed by atoms with Gasteiger partial charge in [0.2, 0.25) is 0 Å². The van der Waals surface area contributed by atoms with Gasteiger partial charge in [0.1, 0.15) is 0 Å². The van der Waals surface area contributed by atoms with Crippen molar-refractivity contribution in [1.29, 1.82) is 0 Å². The van der Waals surface area contributed by atoms with Crippen molar-refractivity contribution in [1.82, 2.24) is 4.57 Å². The second-order valence-corrected chi connectivity index (χ2v) is 3.50. The van der Waals surface area contributed by atoms with Gasteiger partial charge in [-0.25, -0.2) is 0 Å². The average molecular weight is 180 g/mol. The molecule has 1 heterocycles. The molecule has 0 saturated heterocycles. The SMILES string of the molecule is CCCCCn1ccc(CCN)c1. The summed E-state index contributed by atoms with van der Waals surface area (Å²) >= 11 is 0. The Morgan fingerprint density at radius 3 is 2.92 bits per heavy atom. The van der Waals surface area contributed by atoms with Gasteiger partial charge >= 0.3 is 0 Å². The van der Waals surface area contributed by atoms with E-state index in [-0.39, 0.29) is 0 Å². The third-order valence-electron chi connectivity index (χ3n) is 2.26. The van der Waals surface area contributed by atoms with Crippen LogP contribution >= 0.6 is 0 Å². The zero-order chi connectivity index (χ0) is 9.52. The lowest BCUT2D eigenvalue weighted by atomic mass is 10.2. The van der Waals surface area contributed by atoms with E-state index in [1.54, 1.807) is 0 Å². The minimum absolute atomic E-state index is 0.749. The van der Waals surface area contributed by atoms with E-state index in [0.29, 0.717) is 0 Å². The molecule has 0 saturated carbocycles. The summed E-state index contributed by atoms with van der Waals surface area (Å²) in [5.74, 6) is 0. The summed E-state index contributed by atoms with van der Waals surface area (Å²) < 4.78 is 2.26. The lowest BCUT2D eigenvalue weighted by Gasteiger charge is -2.00. The number of rotatable bonds is 6. The zero-order valence-electron chi connectivity index (χ0n) is 8.50. The van der Waals surface area contributed by atoms with Crippen LogP contribution < -0.4 is 5.73 Å². The van der Waals surface area contributed by atoms with Gasteiger partial charge in [-0.05, 0) is 31.0 Å². The molecule has 13 heavy (non-hydrogen) atoms. The largest absolute Gasteiger partial charge is 0.354 e. The van der Waals surface area contributed by atoms with Gasteiger partial charge in [-0.3, -0.25) is 0 Å². The molecule has 0 amide bonds. The fraction of sp³-hybridized carbons (Fsp3) is 0.636. The quantitative estimate of drug-likeness (QED) is 0.668. The summed E-state index contributed by atoms with van der Waals surface area (Å²) in [5, 5.41) is 0. The van der Waals surface area contributed by atoms with E-state index in [9.17, 15) is 0 Å². The molecule has 2 nitrogen and oxygen atoms in total. The summed E-state index contributed by atoms with van der Waals surface area (Å²) in [7, 11) is 0. The van der Waals surface area contributed by atoms with Gasteiger partial charge < -0.3 is 10.3 Å². The Balaban J connectivity index is 2.31. The van der Waals surface area contributed by atoms with Crippen molar-refractivity contribution in [2.45, 2.75) is 39.2 Å². The molecular formula is C11H20N2. The van der Waals surface area contributed by atoms with Gasteiger partial charge in [0, 0.05) is 18.9 Å². The summed E-state index contributed by atoms with van der Waals surface area (Å²) in [6, 6.07) is 2.17. The normalized spacial score (nSPS) is 10.6. The third kappa shape index (κ3) is 3.64. The fourth-order valence-corrected chi connectivity index (χ4v) is 1.49. The molecule has 0 aromatic carbocycles. The minimum Gasteiger partial charge on any atom is -0.354 e. The number of unbranched alkanes of at least 4 members (excludes halogenated alkanes) is 2. The molecule has 0 aliphatic carbocycles. The molecule has 0 atom stereocenters. The number of nitrogens with zero attached hydrogens (tertiary/aromatic N) is 1. The van der Waals surface area contributed by atoms with Crippen molar-refractivity contribution in [3.8, 4) is 0 Å². The first-order valence-electron chi connectivity index (χ1n) is 5.21. The summed E-state index contributed by atoms with van der Waals surface area (Å²) in [5.41, 5.74) is 6.84. The van der Waals surface area contributed by atoms with Crippen LogP contribution in [0.3, 0.4) is 0 Å². The highest BCUT2D eigenvalue weighted by atomic mass is 14.9. The van der Waals surface area contributed by atoms with E-state index in [1.165, 1.54) is 24.8 Å². The first-order chi connectivity index (χ1) is 6.36. The molecule has 1 rings (SSSR count). The van der Waals surface area contributed by atoms with Crippen LogP contribution in [0.4, 0.5) is 0 Å². The van der Waals surface area contributed by atoms with Crippen molar-refractivity contribution in [2.75, 3.05) is 6.54 Å². The number of aryl methyl sites for hydroxylation is 1. The predicted octanol–water partition coefficient (Wildman–Crippen LogP) is 2.18. The van der Waals surface area contributed by atoms with Crippen LogP contribution in [0.1, 0.15) is 31.7 Å². The van der Waals surface area contributed by atoms with Crippen LogP contribution in [0.25, 0.3) is 0 Å². The Morgan fingerprint density at radius 2 is 2.23 bits per heavy atom. The Kier molecular flexibility index (Phi) is 4.61. The molecule has 74 valence electrons. The number of nitrogens with two attached hydrogens (primary N) is 1. The second-order valence-electron chi connectivity index (χ2n) is 3.50. The minimum atomic E-state index is 0.749. The Hall–Kier alpha value is -0.760. The maximum absolute atomic E-state index is 5.48. The fourth-order valence-electron chi connectivity index (χ4n) is 1.49. The van der Waals surface area contributed by atoms with Crippen molar-refractivity contribution < 1.29 is 0 Å². The summed E-state index contributed by atoms with van der Waals surface area (Å²) in [4.78, 5) is 0. The number of hydrogen-bond acceptors (Lipinski definition) is 1. The van der Waals surface area contributed by atoms with Gasteiger partial charge in [-0.1, -0.05) is 19.8 Å².